The van der Waals surface area contributed by atoms with Crippen molar-refractivity contribution in [1.82, 2.24) is 14.7 Å². The normalized spacial score (nSPS) is 34.0. The Morgan fingerprint density at radius 3 is 2.50 bits per heavy atom. The monoisotopic (exact) mass is 385 g/mol. The molecular formula is C23H35N3O2. The van der Waals surface area contributed by atoms with Gasteiger partial charge in [0.15, 0.2) is 0 Å². The Morgan fingerprint density at radius 2 is 1.79 bits per heavy atom. The van der Waals surface area contributed by atoms with Crippen molar-refractivity contribution in [3.05, 3.63) is 35.4 Å². The van der Waals surface area contributed by atoms with Crippen molar-refractivity contribution in [1.29, 1.82) is 0 Å². The minimum Gasteiger partial charge on any atom is -0.373 e. The van der Waals surface area contributed by atoms with E-state index in [1.807, 2.05) is 0 Å². The van der Waals surface area contributed by atoms with E-state index < -0.39 is 0 Å². The van der Waals surface area contributed by atoms with Gasteiger partial charge in [0.1, 0.15) is 0 Å². The largest absolute Gasteiger partial charge is 0.373 e. The maximum Gasteiger partial charge on any atom is 0.223 e. The third kappa shape index (κ3) is 3.98. The zero-order valence-electron chi connectivity index (χ0n) is 17.8. The van der Waals surface area contributed by atoms with E-state index in [0.29, 0.717) is 30.2 Å². The molecule has 5 nitrogen and oxygen atoms in total. The molecule has 154 valence electrons. The maximum absolute atomic E-state index is 12.9. The Labute approximate surface area is 169 Å². The van der Waals surface area contributed by atoms with Crippen LogP contribution in [0.4, 0.5) is 0 Å². The zero-order chi connectivity index (χ0) is 19.8. The fraction of sp³-hybridized carbons (Fsp3) is 0.696. The van der Waals surface area contributed by atoms with Crippen LogP contribution in [0.2, 0.25) is 0 Å². The first-order valence-corrected chi connectivity index (χ1v) is 10.8. The number of morpholine rings is 1. The Balaban J connectivity index is 1.36. The number of aryl methyl sites for hydroxylation is 1. The molecule has 4 rings (SSSR count). The van der Waals surface area contributed by atoms with Gasteiger partial charge in [0, 0.05) is 57.6 Å². The molecule has 0 radical (unpaired) electrons. The number of benzene rings is 1. The summed E-state index contributed by atoms with van der Waals surface area (Å²) < 4.78 is 5.81. The highest BCUT2D eigenvalue weighted by Crippen LogP contribution is 2.44. The number of ether oxygens (including phenoxy) is 1. The lowest BCUT2D eigenvalue weighted by molar-refractivity contribution is -0.131. The third-order valence-electron chi connectivity index (χ3n) is 6.89. The molecule has 3 aliphatic rings. The second-order valence-corrected chi connectivity index (χ2v) is 9.23. The standard InChI is InChI=1S/C23H35N3O2/c1-16-7-5-6-8-20(16)23-21-15-26(14-19(21)13-24(23)4)22(27)9-10-25-11-17(2)28-18(3)12-25/h5-8,17-19,21,23H,9-15H2,1-4H3/t17-,18+,19-,21+,23-/m0/s1. The summed E-state index contributed by atoms with van der Waals surface area (Å²) in [6.07, 6.45) is 1.15. The lowest BCUT2D eigenvalue weighted by atomic mass is 9.88. The topological polar surface area (TPSA) is 36.0 Å². The molecule has 0 aliphatic carbocycles. The molecule has 0 spiro atoms. The first kappa shape index (κ1) is 19.9. The Kier molecular flexibility index (Phi) is 5.77. The number of rotatable bonds is 4. The minimum absolute atomic E-state index is 0.260. The van der Waals surface area contributed by atoms with Crippen LogP contribution in [0.1, 0.15) is 37.4 Å². The van der Waals surface area contributed by atoms with Crippen LogP contribution in [0.15, 0.2) is 24.3 Å². The summed E-state index contributed by atoms with van der Waals surface area (Å²) in [5.41, 5.74) is 2.79. The molecule has 5 atom stereocenters. The summed E-state index contributed by atoms with van der Waals surface area (Å²) in [5, 5.41) is 0. The van der Waals surface area contributed by atoms with Crippen molar-refractivity contribution in [2.75, 3.05) is 46.3 Å². The molecule has 0 bridgehead atoms. The van der Waals surface area contributed by atoms with Gasteiger partial charge in [-0.2, -0.15) is 0 Å². The van der Waals surface area contributed by atoms with Gasteiger partial charge in [-0.3, -0.25) is 14.6 Å². The molecule has 3 saturated heterocycles. The van der Waals surface area contributed by atoms with E-state index >= 15 is 0 Å². The lowest BCUT2D eigenvalue weighted by Crippen LogP contribution is -2.46. The van der Waals surface area contributed by atoms with Gasteiger partial charge in [-0.1, -0.05) is 24.3 Å². The van der Waals surface area contributed by atoms with Crippen LogP contribution in [-0.4, -0.2) is 79.1 Å². The summed E-state index contributed by atoms with van der Waals surface area (Å²) in [7, 11) is 2.24. The Hall–Kier alpha value is -1.43. The van der Waals surface area contributed by atoms with Gasteiger partial charge in [0.05, 0.1) is 12.2 Å². The molecule has 3 heterocycles. The van der Waals surface area contributed by atoms with E-state index in [1.165, 1.54) is 11.1 Å². The van der Waals surface area contributed by atoms with E-state index in [0.717, 1.165) is 39.3 Å². The number of hydrogen-bond acceptors (Lipinski definition) is 4. The van der Waals surface area contributed by atoms with Crippen LogP contribution >= 0.6 is 0 Å². The van der Waals surface area contributed by atoms with Crippen LogP contribution in [0.5, 0.6) is 0 Å². The molecule has 0 saturated carbocycles. The van der Waals surface area contributed by atoms with Gasteiger partial charge in [-0.15, -0.1) is 0 Å². The Morgan fingerprint density at radius 1 is 1.07 bits per heavy atom. The summed E-state index contributed by atoms with van der Waals surface area (Å²) in [5.74, 6) is 1.48. The van der Waals surface area contributed by atoms with E-state index in [4.69, 9.17) is 4.74 Å². The maximum atomic E-state index is 12.9. The number of likely N-dealkylation sites (tertiary alicyclic amines) is 2. The van der Waals surface area contributed by atoms with Gasteiger partial charge in [0.2, 0.25) is 5.91 Å². The van der Waals surface area contributed by atoms with Crippen LogP contribution < -0.4 is 0 Å². The minimum atomic E-state index is 0.260. The number of fused-ring (bicyclic) bond motifs is 1. The highest BCUT2D eigenvalue weighted by Gasteiger charge is 2.47. The van der Waals surface area contributed by atoms with Gasteiger partial charge in [-0.05, 0) is 44.9 Å². The second kappa shape index (κ2) is 8.13. The highest BCUT2D eigenvalue weighted by atomic mass is 16.5. The van der Waals surface area contributed by atoms with Crippen molar-refractivity contribution >= 4 is 5.91 Å². The molecule has 0 N–H and O–H groups in total. The van der Waals surface area contributed by atoms with Gasteiger partial charge in [0.25, 0.3) is 0 Å². The number of carbonyl (C=O) groups excluding carboxylic acids is 1. The molecular weight excluding hydrogens is 350 g/mol. The predicted molar refractivity (Wildman–Crippen MR) is 111 cm³/mol. The summed E-state index contributed by atoms with van der Waals surface area (Å²) in [6, 6.07) is 9.17. The average Bonchev–Trinajstić information content (AvgIpc) is 3.16. The summed E-state index contributed by atoms with van der Waals surface area (Å²) in [6.45, 7) is 12.1. The van der Waals surface area contributed by atoms with Gasteiger partial charge >= 0.3 is 0 Å². The molecule has 5 heteroatoms. The van der Waals surface area contributed by atoms with Crippen molar-refractivity contribution in [3.8, 4) is 0 Å². The molecule has 1 amide bonds. The van der Waals surface area contributed by atoms with Crippen molar-refractivity contribution in [2.45, 2.75) is 45.4 Å². The van der Waals surface area contributed by atoms with E-state index in [-0.39, 0.29) is 12.2 Å². The van der Waals surface area contributed by atoms with Gasteiger partial charge in [-0.25, -0.2) is 0 Å². The number of amides is 1. The number of nitrogens with zero attached hydrogens (tertiary/aromatic N) is 3. The molecule has 28 heavy (non-hydrogen) atoms. The molecule has 3 fully saturated rings. The smallest absolute Gasteiger partial charge is 0.223 e. The SMILES string of the molecule is Cc1ccccc1[C@H]1[C@@H]2CN(C(=O)CCN3C[C@@H](C)O[C@@H](C)C3)C[C@@H]2CN1C. The van der Waals surface area contributed by atoms with Crippen LogP contribution in [0.25, 0.3) is 0 Å². The lowest BCUT2D eigenvalue weighted by Gasteiger charge is -2.35. The quantitative estimate of drug-likeness (QED) is 0.798. The molecule has 1 aromatic carbocycles. The Bertz CT molecular complexity index is 699. The fourth-order valence-corrected chi connectivity index (χ4v) is 5.73. The van der Waals surface area contributed by atoms with Crippen LogP contribution in [0, 0.1) is 18.8 Å². The summed E-state index contributed by atoms with van der Waals surface area (Å²) >= 11 is 0. The first-order chi connectivity index (χ1) is 13.4. The molecule has 1 aromatic rings. The predicted octanol–water partition coefficient (Wildman–Crippen LogP) is 2.56. The average molecular weight is 386 g/mol. The van der Waals surface area contributed by atoms with Crippen molar-refractivity contribution in [2.24, 2.45) is 11.8 Å². The molecule has 3 aliphatic heterocycles. The van der Waals surface area contributed by atoms with Crippen LogP contribution in [-0.2, 0) is 9.53 Å². The van der Waals surface area contributed by atoms with Gasteiger partial charge < -0.3 is 9.64 Å². The van der Waals surface area contributed by atoms with E-state index in [1.54, 1.807) is 0 Å². The van der Waals surface area contributed by atoms with Crippen molar-refractivity contribution in [3.63, 3.8) is 0 Å². The number of carbonyl (C=O) groups is 1. The van der Waals surface area contributed by atoms with Crippen LogP contribution in [0.3, 0.4) is 0 Å². The first-order valence-electron chi connectivity index (χ1n) is 10.8. The van der Waals surface area contributed by atoms with E-state index in [2.05, 4.69) is 66.8 Å². The highest BCUT2D eigenvalue weighted by molar-refractivity contribution is 5.76. The third-order valence-corrected chi connectivity index (χ3v) is 6.89. The molecule has 0 unspecified atom stereocenters. The molecule has 0 aromatic heterocycles. The summed E-state index contributed by atoms with van der Waals surface area (Å²) in [4.78, 5) is 20.0. The second-order valence-electron chi connectivity index (χ2n) is 9.23. The fourth-order valence-electron chi connectivity index (χ4n) is 5.73. The van der Waals surface area contributed by atoms with E-state index in [9.17, 15) is 4.79 Å². The number of hydrogen-bond donors (Lipinski definition) is 0. The zero-order valence-corrected chi connectivity index (χ0v) is 17.8. The van der Waals surface area contributed by atoms with Crippen molar-refractivity contribution < 1.29 is 9.53 Å².